The number of carboxylic acid groups (broad SMARTS) is 1. The highest BCUT2D eigenvalue weighted by Gasteiger charge is 2.31. The number of phenols is 1. The van der Waals surface area contributed by atoms with E-state index in [0.717, 1.165) is 11.1 Å². The lowest BCUT2D eigenvalue weighted by Crippen LogP contribution is -2.29. The first-order valence-corrected chi connectivity index (χ1v) is 10.3. The fourth-order valence-corrected chi connectivity index (χ4v) is 3.93. The minimum atomic E-state index is -0.911. The number of benzene rings is 2. The van der Waals surface area contributed by atoms with E-state index in [1.807, 2.05) is 32.0 Å². The molecule has 2 unspecified atom stereocenters. The molecular weight excluding hydrogens is 410 g/mol. The predicted molar refractivity (Wildman–Crippen MR) is 120 cm³/mol. The zero-order valence-corrected chi connectivity index (χ0v) is 18.1. The second-order valence-electron chi connectivity index (χ2n) is 8.14. The van der Waals surface area contributed by atoms with Gasteiger partial charge in [0.05, 0.1) is 11.4 Å². The van der Waals surface area contributed by atoms with Crippen LogP contribution in [0, 0.1) is 20.8 Å². The molecule has 1 aromatic heterocycles. The first-order valence-electron chi connectivity index (χ1n) is 10.3. The fourth-order valence-electron chi connectivity index (χ4n) is 3.93. The Morgan fingerprint density at radius 2 is 1.91 bits per heavy atom. The minimum absolute atomic E-state index is 0.0586. The van der Waals surface area contributed by atoms with E-state index in [0.29, 0.717) is 29.9 Å². The van der Waals surface area contributed by atoms with Gasteiger partial charge in [0.15, 0.2) is 5.69 Å². The van der Waals surface area contributed by atoms with Gasteiger partial charge in [-0.15, -0.1) is 10.2 Å². The number of hydrogen-bond acceptors (Lipinski definition) is 6. The van der Waals surface area contributed by atoms with Crippen molar-refractivity contribution in [2.45, 2.75) is 39.2 Å². The van der Waals surface area contributed by atoms with Crippen molar-refractivity contribution in [2.24, 2.45) is 10.2 Å². The van der Waals surface area contributed by atoms with Crippen molar-refractivity contribution in [2.75, 3.05) is 6.54 Å². The third-order valence-electron chi connectivity index (χ3n) is 5.96. The number of carbonyl (C=O) groups is 1. The molecule has 9 nitrogen and oxygen atoms in total. The average Bonchev–Trinajstić information content (AvgIpc) is 3.35. The Labute approximate surface area is 184 Å². The maximum atomic E-state index is 12.9. The molecule has 1 fully saturated rings. The van der Waals surface area contributed by atoms with Crippen LogP contribution in [0.4, 0.5) is 11.4 Å². The van der Waals surface area contributed by atoms with Gasteiger partial charge in [0.1, 0.15) is 17.5 Å². The molecule has 0 amide bonds. The van der Waals surface area contributed by atoms with Crippen molar-refractivity contribution in [3.8, 4) is 11.4 Å². The van der Waals surface area contributed by atoms with Gasteiger partial charge < -0.3 is 15.5 Å². The lowest BCUT2D eigenvalue weighted by Gasteiger charge is -2.12. The van der Waals surface area contributed by atoms with Crippen molar-refractivity contribution in [3.05, 3.63) is 69.1 Å². The van der Waals surface area contributed by atoms with E-state index in [1.165, 1.54) is 4.68 Å². The summed E-state index contributed by atoms with van der Waals surface area (Å²) in [7, 11) is 0. The molecule has 0 bridgehead atoms. The number of H-pyrrole nitrogens is 1. The number of aliphatic carboxylic acids is 1. The molecule has 1 aliphatic heterocycles. The third kappa shape index (κ3) is 3.94. The van der Waals surface area contributed by atoms with E-state index >= 15 is 0 Å². The van der Waals surface area contributed by atoms with E-state index in [-0.39, 0.29) is 28.6 Å². The van der Waals surface area contributed by atoms with Crippen LogP contribution in [0.1, 0.15) is 34.7 Å². The molecule has 0 aliphatic carbocycles. The van der Waals surface area contributed by atoms with Gasteiger partial charge in [-0.25, -0.2) is 4.68 Å². The summed E-state index contributed by atoms with van der Waals surface area (Å²) in [5.74, 6) is -1.12. The van der Waals surface area contributed by atoms with Gasteiger partial charge in [0.2, 0.25) is 0 Å². The molecule has 0 spiro atoms. The molecule has 9 heteroatoms. The number of aromatic amines is 1. The molecule has 0 radical (unpaired) electrons. The summed E-state index contributed by atoms with van der Waals surface area (Å²) < 4.78 is 1.42. The van der Waals surface area contributed by atoms with Gasteiger partial charge in [-0.3, -0.25) is 14.7 Å². The second kappa shape index (κ2) is 8.43. The highest BCUT2D eigenvalue weighted by atomic mass is 16.4. The molecule has 3 aromatic rings. The fraction of sp³-hybridized carbons (Fsp3) is 0.304. The van der Waals surface area contributed by atoms with Gasteiger partial charge in [-0.05, 0) is 56.5 Å². The molecule has 0 saturated carbocycles. The molecule has 166 valence electrons. The van der Waals surface area contributed by atoms with Crippen LogP contribution in [0.2, 0.25) is 0 Å². The molecule has 4 rings (SSSR count). The van der Waals surface area contributed by atoms with Crippen LogP contribution in [0.25, 0.3) is 5.69 Å². The lowest BCUT2D eigenvalue weighted by molar-refractivity contribution is -0.139. The maximum Gasteiger partial charge on any atom is 0.320 e. The number of rotatable bonds is 5. The molecule has 2 heterocycles. The van der Waals surface area contributed by atoms with Crippen LogP contribution in [0.5, 0.6) is 5.75 Å². The average molecular weight is 435 g/mol. The molecule has 2 atom stereocenters. The number of aryl methyl sites for hydroxylation is 3. The van der Waals surface area contributed by atoms with Crippen LogP contribution in [-0.4, -0.2) is 38.5 Å². The van der Waals surface area contributed by atoms with Crippen LogP contribution in [-0.2, 0) is 4.79 Å². The van der Waals surface area contributed by atoms with E-state index < -0.39 is 12.0 Å². The summed E-state index contributed by atoms with van der Waals surface area (Å²) in [6.45, 7) is 6.17. The smallest absolute Gasteiger partial charge is 0.320 e. The highest BCUT2D eigenvalue weighted by molar-refractivity contribution is 5.74. The van der Waals surface area contributed by atoms with Crippen molar-refractivity contribution in [1.29, 1.82) is 0 Å². The number of nitrogens with zero attached hydrogens (tertiary/aromatic N) is 3. The number of phenolic OH excluding ortho intramolecular Hbond substituents is 1. The van der Waals surface area contributed by atoms with Crippen LogP contribution in [0.15, 0.2) is 51.4 Å². The minimum Gasteiger partial charge on any atom is -0.505 e. The van der Waals surface area contributed by atoms with Crippen molar-refractivity contribution >= 4 is 17.3 Å². The van der Waals surface area contributed by atoms with Gasteiger partial charge >= 0.3 is 5.97 Å². The SMILES string of the molecule is Cc1ccc(-n2[nH]c(C)c(N=Nc3cccc(C4CNC(C(=O)O)C4)c3O)c2=O)cc1C. The van der Waals surface area contributed by atoms with Crippen LogP contribution in [0.3, 0.4) is 0 Å². The number of carboxylic acids is 1. The van der Waals surface area contributed by atoms with E-state index in [1.54, 1.807) is 25.1 Å². The number of aromatic hydroxyl groups is 1. The quantitative estimate of drug-likeness (QED) is 0.453. The number of azo groups is 1. The second-order valence-corrected chi connectivity index (χ2v) is 8.14. The summed E-state index contributed by atoms with van der Waals surface area (Å²) in [5.41, 5.74) is 4.10. The van der Waals surface area contributed by atoms with Crippen molar-refractivity contribution < 1.29 is 15.0 Å². The Balaban J connectivity index is 1.63. The summed E-state index contributed by atoms with van der Waals surface area (Å²) in [4.78, 5) is 24.1. The van der Waals surface area contributed by atoms with E-state index in [9.17, 15) is 19.8 Å². The monoisotopic (exact) mass is 435 g/mol. The third-order valence-corrected chi connectivity index (χ3v) is 5.96. The molecule has 32 heavy (non-hydrogen) atoms. The van der Waals surface area contributed by atoms with Gasteiger partial charge in [-0.2, -0.15) is 0 Å². The molecule has 1 aliphatic rings. The van der Waals surface area contributed by atoms with Crippen LogP contribution < -0.4 is 10.9 Å². The van der Waals surface area contributed by atoms with Gasteiger partial charge in [-0.1, -0.05) is 18.2 Å². The molecule has 2 aromatic carbocycles. The Morgan fingerprint density at radius 1 is 1.12 bits per heavy atom. The molecule has 4 N–H and O–H groups in total. The normalized spacial score (nSPS) is 18.5. The first kappa shape index (κ1) is 21.5. The molecule has 1 saturated heterocycles. The number of hydrogen-bond donors (Lipinski definition) is 4. The standard InChI is InChI=1S/C23H25N5O4/c1-12-7-8-16(9-13(12)2)28-22(30)20(14(3)27-28)26-25-18-6-4-5-17(21(18)29)15-10-19(23(31)32)24-11-15/h4-9,15,19,24,27,29H,10-11H2,1-3H3,(H,31,32). The first-order chi connectivity index (χ1) is 15.3. The van der Waals surface area contributed by atoms with Crippen molar-refractivity contribution in [3.63, 3.8) is 0 Å². The Hall–Kier alpha value is -3.72. The lowest BCUT2D eigenvalue weighted by atomic mass is 9.95. The van der Waals surface area contributed by atoms with Crippen molar-refractivity contribution in [1.82, 2.24) is 15.1 Å². The van der Waals surface area contributed by atoms with Gasteiger partial charge in [0, 0.05) is 18.0 Å². The van der Waals surface area contributed by atoms with E-state index in [4.69, 9.17) is 0 Å². The van der Waals surface area contributed by atoms with Crippen LogP contribution >= 0.6 is 0 Å². The zero-order chi connectivity index (χ0) is 23.0. The number of aromatic nitrogens is 2. The summed E-state index contributed by atoms with van der Waals surface area (Å²) in [6.07, 6.45) is 0.376. The highest BCUT2D eigenvalue weighted by Crippen LogP contribution is 2.38. The Morgan fingerprint density at radius 3 is 2.59 bits per heavy atom. The van der Waals surface area contributed by atoms with Gasteiger partial charge in [0.25, 0.3) is 5.56 Å². The summed E-state index contributed by atoms with van der Waals surface area (Å²) in [5, 5.41) is 34.1. The predicted octanol–water partition coefficient (Wildman–Crippen LogP) is 3.74. The summed E-state index contributed by atoms with van der Waals surface area (Å²) in [6, 6.07) is 10.2. The van der Waals surface area contributed by atoms with E-state index in [2.05, 4.69) is 20.6 Å². The number of para-hydroxylation sites is 1. The largest absolute Gasteiger partial charge is 0.505 e. The Bertz CT molecular complexity index is 1270. The zero-order valence-electron chi connectivity index (χ0n) is 18.1. The summed E-state index contributed by atoms with van der Waals surface area (Å²) >= 11 is 0. The topological polar surface area (TPSA) is 132 Å². The molecular formula is C23H25N5O4. The maximum absolute atomic E-state index is 12.9. The number of nitrogens with one attached hydrogen (secondary N) is 2. The Kier molecular flexibility index (Phi) is 5.67.